The molecule has 7 nitrogen and oxygen atoms in total. The fraction of sp³-hybridized carbons (Fsp3) is 0.286. The minimum absolute atomic E-state index is 0.130. The van der Waals surface area contributed by atoms with Crippen LogP contribution in [0.4, 0.5) is 4.79 Å². The number of hydrogen-bond acceptors (Lipinski definition) is 6. The number of hydrogen-bond donors (Lipinski definition) is 1. The molecule has 0 atom stereocenters. The van der Waals surface area contributed by atoms with E-state index in [0.717, 1.165) is 65.2 Å². The van der Waals surface area contributed by atoms with Gasteiger partial charge in [0, 0.05) is 34.5 Å². The van der Waals surface area contributed by atoms with Crippen molar-refractivity contribution >= 4 is 22.8 Å². The first-order chi connectivity index (χ1) is 17.2. The third-order valence-corrected chi connectivity index (χ3v) is 5.74. The Hall–Kier alpha value is -3.84. The summed E-state index contributed by atoms with van der Waals surface area (Å²) in [4.78, 5) is 23.6. The summed E-state index contributed by atoms with van der Waals surface area (Å²) in [6.07, 6.45) is 4.33. The van der Waals surface area contributed by atoms with Crippen LogP contribution >= 0.6 is 0 Å². The third-order valence-electron chi connectivity index (χ3n) is 5.74. The number of rotatable bonds is 10. The molecule has 0 aromatic heterocycles. The van der Waals surface area contributed by atoms with E-state index in [0.29, 0.717) is 5.75 Å². The predicted molar refractivity (Wildman–Crippen MR) is 133 cm³/mol. The van der Waals surface area contributed by atoms with Gasteiger partial charge in [0.25, 0.3) is 0 Å². The van der Waals surface area contributed by atoms with Gasteiger partial charge in [-0.25, -0.2) is 9.59 Å². The van der Waals surface area contributed by atoms with Crippen LogP contribution in [0.15, 0.2) is 67.3 Å². The van der Waals surface area contributed by atoms with Crippen LogP contribution in [-0.2, 0) is 27.1 Å². The van der Waals surface area contributed by atoms with E-state index in [1.807, 2.05) is 54.6 Å². The van der Waals surface area contributed by atoms with E-state index in [1.54, 1.807) is 0 Å². The Morgan fingerprint density at radius 2 is 1.51 bits per heavy atom. The van der Waals surface area contributed by atoms with Crippen molar-refractivity contribution in [1.82, 2.24) is 5.32 Å². The highest BCUT2D eigenvalue weighted by Crippen LogP contribution is 2.45. The standard InChI is InChI=1S/C28H29NO6/c1-2-25(30)33-19-18-32-17-16-29-28(31)35-27-23-14-8-6-12-21(23)26(22-13-7-9-15-24(22)27)34-20-10-4-3-5-11-20/h2-6,8,10-12,14H,1,7,9,13,15-19H2,(H,29,31). The fourth-order valence-corrected chi connectivity index (χ4v) is 4.17. The predicted octanol–water partition coefficient (Wildman–Crippen LogP) is 5.35. The van der Waals surface area contributed by atoms with Crippen molar-refractivity contribution in [3.63, 3.8) is 0 Å². The van der Waals surface area contributed by atoms with Gasteiger partial charge in [-0.2, -0.15) is 0 Å². The third kappa shape index (κ3) is 6.19. The monoisotopic (exact) mass is 475 g/mol. The first-order valence-electron chi connectivity index (χ1n) is 11.8. The molecular weight excluding hydrogens is 446 g/mol. The van der Waals surface area contributed by atoms with Crippen LogP contribution in [0.1, 0.15) is 24.0 Å². The molecule has 0 saturated carbocycles. The zero-order valence-corrected chi connectivity index (χ0v) is 19.6. The Balaban J connectivity index is 1.47. The maximum Gasteiger partial charge on any atom is 0.412 e. The summed E-state index contributed by atoms with van der Waals surface area (Å²) in [5.41, 5.74) is 2.12. The fourth-order valence-electron chi connectivity index (χ4n) is 4.17. The van der Waals surface area contributed by atoms with Crippen molar-refractivity contribution in [1.29, 1.82) is 0 Å². The lowest BCUT2D eigenvalue weighted by Crippen LogP contribution is -2.31. The second kappa shape index (κ2) is 12.0. The van der Waals surface area contributed by atoms with E-state index in [4.69, 9.17) is 18.9 Å². The number of fused-ring (bicyclic) bond motifs is 2. The Morgan fingerprint density at radius 1 is 0.857 bits per heavy atom. The van der Waals surface area contributed by atoms with Crippen molar-refractivity contribution in [2.75, 3.05) is 26.4 Å². The number of amides is 1. The molecule has 3 aromatic carbocycles. The van der Waals surface area contributed by atoms with Gasteiger partial charge in [0.05, 0.1) is 13.2 Å². The van der Waals surface area contributed by atoms with Gasteiger partial charge < -0.3 is 24.3 Å². The molecule has 182 valence electrons. The number of benzene rings is 3. The molecule has 1 aliphatic rings. The van der Waals surface area contributed by atoms with Crippen molar-refractivity contribution < 1.29 is 28.5 Å². The van der Waals surface area contributed by atoms with E-state index < -0.39 is 12.1 Å². The van der Waals surface area contributed by atoms with Crippen LogP contribution in [0, 0.1) is 0 Å². The molecule has 3 aromatic rings. The lowest BCUT2D eigenvalue weighted by molar-refractivity contribution is -0.139. The largest absolute Gasteiger partial charge is 0.460 e. The Bertz CT molecular complexity index is 1190. The van der Waals surface area contributed by atoms with E-state index in [2.05, 4.69) is 11.9 Å². The average molecular weight is 476 g/mol. The number of para-hydroxylation sites is 1. The van der Waals surface area contributed by atoms with Gasteiger partial charge in [-0.3, -0.25) is 0 Å². The van der Waals surface area contributed by atoms with Crippen LogP contribution in [0.5, 0.6) is 17.2 Å². The minimum atomic E-state index is -0.540. The van der Waals surface area contributed by atoms with E-state index in [1.165, 1.54) is 0 Å². The zero-order valence-electron chi connectivity index (χ0n) is 19.6. The van der Waals surface area contributed by atoms with Crippen LogP contribution < -0.4 is 14.8 Å². The van der Waals surface area contributed by atoms with Crippen molar-refractivity contribution in [2.45, 2.75) is 25.7 Å². The molecule has 0 unspecified atom stereocenters. The van der Waals surface area contributed by atoms with Crippen molar-refractivity contribution in [2.24, 2.45) is 0 Å². The topological polar surface area (TPSA) is 83.1 Å². The lowest BCUT2D eigenvalue weighted by atomic mass is 9.87. The van der Waals surface area contributed by atoms with Crippen molar-refractivity contribution in [3.8, 4) is 17.2 Å². The van der Waals surface area contributed by atoms with E-state index >= 15 is 0 Å². The molecule has 4 rings (SSSR count). The average Bonchev–Trinajstić information content (AvgIpc) is 2.90. The summed E-state index contributed by atoms with van der Waals surface area (Å²) in [6.45, 7) is 4.23. The molecule has 7 heteroatoms. The van der Waals surface area contributed by atoms with Crippen LogP contribution in [0.2, 0.25) is 0 Å². The van der Waals surface area contributed by atoms with Crippen LogP contribution in [0.25, 0.3) is 10.8 Å². The summed E-state index contributed by atoms with van der Waals surface area (Å²) >= 11 is 0. The summed E-state index contributed by atoms with van der Waals surface area (Å²) in [6, 6.07) is 17.6. The molecule has 0 heterocycles. The molecule has 0 aliphatic heterocycles. The summed E-state index contributed by atoms with van der Waals surface area (Å²) in [7, 11) is 0. The van der Waals surface area contributed by atoms with Gasteiger partial charge in [-0.05, 0) is 37.8 Å². The number of nitrogens with one attached hydrogen (secondary N) is 1. The number of esters is 1. The second-order valence-electron chi connectivity index (χ2n) is 8.08. The first kappa shape index (κ1) is 24.3. The minimum Gasteiger partial charge on any atom is -0.460 e. The van der Waals surface area contributed by atoms with Gasteiger partial charge in [0.2, 0.25) is 0 Å². The van der Waals surface area contributed by atoms with Gasteiger partial charge >= 0.3 is 12.1 Å². The lowest BCUT2D eigenvalue weighted by Gasteiger charge is -2.25. The first-order valence-corrected chi connectivity index (χ1v) is 11.8. The highest BCUT2D eigenvalue weighted by molar-refractivity contribution is 5.97. The molecular formula is C28H29NO6. The number of carbonyl (C=O) groups excluding carboxylic acids is 2. The van der Waals surface area contributed by atoms with Crippen LogP contribution in [0.3, 0.4) is 0 Å². The van der Waals surface area contributed by atoms with Gasteiger partial charge in [-0.1, -0.05) is 49.0 Å². The Labute approximate surface area is 204 Å². The molecule has 0 fully saturated rings. The highest BCUT2D eigenvalue weighted by Gasteiger charge is 2.25. The number of carbonyl (C=O) groups is 2. The molecule has 1 N–H and O–H groups in total. The number of ether oxygens (including phenoxy) is 4. The second-order valence-corrected chi connectivity index (χ2v) is 8.08. The SMILES string of the molecule is C=CC(=O)OCCOCCNC(=O)Oc1c2c(c(Oc3ccccc3)c3ccccc13)CCCC2. The quantitative estimate of drug-likeness (QED) is 0.242. The molecule has 0 spiro atoms. The normalized spacial score (nSPS) is 12.5. The van der Waals surface area contributed by atoms with Crippen LogP contribution in [-0.4, -0.2) is 38.4 Å². The molecule has 0 saturated heterocycles. The highest BCUT2D eigenvalue weighted by atomic mass is 16.6. The molecule has 1 aliphatic carbocycles. The maximum atomic E-state index is 12.6. The van der Waals surface area contributed by atoms with Gasteiger partial charge in [-0.15, -0.1) is 0 Å². The molecule has 0 bridgehead atoms. The molecule has 1 amide bonds. The van der Waals surface area contributed by atoms with E-state index in [9.17, 15) is 9.59 Å². The zero-order chi connectivity index (χ0) is 24.5. The van der Waals surface area contributed by atoms with Gasteiger partial charge in [0.15, 0.2) is 0 Å². The van der Waals surface area contributed by atoms with E-state index in [-0.39, 0.29) is 26.4 Å². The Kier molecular flexibility index (Phi) is 8.35. The maximum absolute atomic E-state index is 12.6. The van der Waals surface area contributed by atoms with Gasteiger partial charge in [0.1, 0.15) is 23.9 Å². The molecule has 35 heavy (non-hydrogen) atoms. The summed E-state index contributed by atoms with van der Waals surface area (Å²) < 4.78 is 22.4. The van der Waals surface area contributed by atoms with Crippen molar-refractivity contribution in [3.05, 3.63) is 78.4 Å². The smallest absolute Gasteiger partial charge is 0.412 e. The summed E-state index contributed by atoms with van der Waals surface area (Å²) in [5, 5.41) is 4.48. The molecule has 0 radical (unpaired) electrons. The summed E-state index contributed by atoms with van der Waals surface area (Å²) in [5.74, 6) is 1.70. The Morgan fingerprint density at radius 3 is 2.23 bits per heavy atom.